The van der Waals surface area contributed by atoms with E-state index < -0.39 is 33.6 Å². The van der Waals surface area contributed by atoms with Crippen molar-refractivity contribution in [2.24, 2.45) is 4.99 Å². The van der Waals surface area contributed by atoms with Crippen molar-refractivity contribution in [3.8, 4) is 11.3 Å². The predicted octanol–water partition coefficient (Wildman–Crippen LogP) is 5.75. The largest absolute Gasteiger partial charge is 0.416 e. The van der Waals surface area contributed by atoms with Crippen molar-refractivity contribution in [3.63, 3.8) is 0 Å². The average molecular weight is 496 g/mol. The highest BCUT2D eigenvalue weighted by molar-refractivity contribution is 7.85. The zero-order valence-electron chi connectivity index (χ0n) is 16.1. The van der Waals surface area contributed by atoms with Gasteiger partial charge in [-0.3, -0.25) is 4.55 Å². The lowest BCUT2D eigenvalue weighted by Crippen LogP contribution is -2.15. The first-order chi connectivity index (χ1) is 14.7. The van der Waals surface area contributed by atoms with E-state index in [4.69, 9.17) is 4.55 Å². The Bertz CT molecular complexity index is 1270. The fraction of sp³-hybridized carbons (Fsp3) is 0.211. The van der Waals surface area contributed by atoms with E-state index >= 15 is 0 Å². The van der Waals surface area contributed by atoms with Gasteiger partial charge >= 0.3 is 12.4 Å². The van der Waals surface area contributed by atoms with Crippen LogP contribution in [0.2, 0.25) is 0 Å². The molecular weight excluding hydrogens is 482 g/mol. The molecular formula is C19H14F6N2O3S2. The molecule has 3 aromatic rings. The number of thiazole rings is 1. The third-order valence-corrected chi connectivity index (χ3v) is 6.09. The van der Waals surface area contributed by atoms with E-state index in [1.165, 1.54) is 22.1 Å². The molecule has 0 saturated heterocycles. The van der Waals surface area contributed by atoms with Crippen molar-refractivity contribution in [1.29, 1.82) is 0 Å². The highest BCUT2D eigenvalue weighted by atomic mass is 32.2. The molecule has 3 rings (SSSR count). The third-order valence-electron chi connectivity index (χ3n) is 4.36. The molecule has 13 heteroatoms. The Morgan fingerprint density at radius 2 is 1.50 bits per heavy atom. The molecule has 0 aliphatic carbocycles. The Kier molecular flexibility index (Phi) is 6.28. The Morgan fingerprint density at radius 3 is 1.94 bits per heavy atom. The summed E-state index contributed by atoms with van der Waals surface area (Å²) in [5.41, 5.74) is -2.73. The molecule has 1 aromatic heterocycles. The van der Waals surface area contributed by atoms with Gasteiger partial charge in [0.05, 0.1) is 27.4 Å². The van der Waals surface area contributed by atoms with Crippen LogP contribution < -0.4 is 4.80 Å². The first-order valence-corrected chi connectivity index (χ1v) is 11.1. The maximum atomic E-state index is 13.2. The van der Waals surface area contributed by atoms with Crippen LogP contribution in [-0.2, 0) is 29.0 Å². The van der Waals surface area contributed by atoms with Gasteiger partial charge in [-0.15, -0.1) is 11.3 Å². The molecule has 172 valence electrons. The second-order valence-corrected chi connectivity index (χ2v) is 8.78. The van der Waals surface area contributed by atoms with Crippen LogP contribution in [0.5, 0.6) is 0 Å². The van der Waals surface area contributed by atoms with E-state index in [9.17, 15) is 34.8 Å². The molecule has 0 saturated carbocycles. The van der Waals surface area contributed by atoms with Crippen LogP contribution in [0.3, 0.4) is 0 Å². The number of rotatable bonds is 4. The minimum atomic E-state index is -4.97. The minimum Gasteiger partial charge on any atom is -0.317 e. The normalized spacial score (nSPS) is 13.6. The minimum absolute atomic E-state index is 0.0637. The summed E-state index contributed by atoms with van der Waals surface area (Å²) in [7, 11) is -4.40. The first kappa shape index (κ1) is 24.0. The van der Waals surface area contributed by atoms with E-state index in [1.807, 2.05) is 0 Å². The lowest BCUT2D eigenvalue weighted by molar-refractivity contribution is -0.143. The summed E-state index contributed by atoms with van der Waals surface area (Å²) in [5, 5.41) is 1.39. The summed E-state index contributed by atoms with van der Waals surface area (Å²) in [6.45, 7) is 1.84. The summed E-state index contributed by atoms with van der Waals surface area (Å²) in [6, 6.07) is 6.18. The molecule has 0 spiro atoms. The molecule has 5 nitrogen and oxygen atoms in total. The molecule has 32 heavy (non-hydrogen) atoms. The lowest BCUT2D eigenvalue weighted by Gasteiger charge is -2.15. The number of benzene rings is 2. The van der Waals surface area contributed by atoms with Gasteiger partial charge in [-0.1, -0.05) is 0 Å². The van der Waals surface area contributed by atoms with Gasteiger partial charge in [0.1, 0.15) is 0 Å². The van der Waals surface area contributed by atoms with E-state index in [0.29, 0.717) is 12.1 Å². The maximum absolute atomic E-state index is 13.2. The summed E-state index contributed by atoms with van der Waals surface area (Å²) in [6.07, 6.45) is -9.93. The lowest BCUT2D eigenvalue weighted by atomic mass is 10.0. The molecule has 0 unspecified atom stereocenters. The Hall–Kier alpha value is -2.64. The van der Waals surface area contributed by atoms with Crippen LogP contribution >= 0.6 is 11.3 Å². The van der Waals surface area contributed by atoms with Crippen LogP contribution in [0, 0.1) is 0 Å². The van der Waals surface area contributed by atoms with E-state index in [0.717, 1.165) is 23.5 Å². The van der Waals surface area contributed by atoms with Gasteiger partial charge in [-0.2, -0.15) is 34.8 Å². The second kappa shape index (κ2) is 8.37. The number of hydrogen-bond donors (Lipinski definition) is 1. The Balaban J connectivity index is 2.15. The van der Waals surface area contributed by atoms with Crippen LogP contribution in [0.25, 0.3) is 11.3 Å². The molecule has 0 amide bonds. The van der Waals surface area contributed by atoms with Gasteiger partial charge in [0.15, 0.2) is 4.80 Å². The zero-order chi connectivity index (χ0) is 23.9. The molecule has 0 aliphatic heterocycles. The summed E-state index contributed by atoms with van der Waals surface area (Å²) in [5.74, 6) is 0. The standard InChI is InChI=1S/C19H14F6N2O3S2/c1-2-27-16(11-7-12(18(20,21)22)9-13(8-11)19(23,24)25)10-31-17(27)26-14-3-5-15(6-4-14)32(28,29)30/h3-10H,2H2,1H3,(H,28,29,30). The van der Waals surface area contributed by atoms with E-state index in [2.05, 4.69) is 4.99 Å². The monoisotopic (exact) mass is 496 g/mol. The van der Waals surface area contributed by atoms with Crippen molar-refractivity contribution < 1.29 is 39.3 Å². The van der Waals surface area contributed by atoms with Crippen LogP contribution in [0.1, 0.15) is 18.1 Å². The first-order valence-electron chi connectivity index (χ1n) is 8.80. The van der Waals surface area contributed by atoms with Crippen molar-refractivity contribution in [2.45, 2.75) is 30.7 Å². The Morgan fingerprint density at radius 1 is 0.969 bits per heavy atom. The fourth-order valence-electron chi connectivity index (χ4n) is 2.86. The molecule has 1 N–H and O–H groups in total. The van der Waals surface area contributed by atoms with Crippen LogP contribution in [-0.4, -0.2) is 17.5 Å². The number of hydrogen-bond acceptors (Lipinski definition) is 4. The highest BCUT2D eigenvalue weighted by Crippen LogP contribution is 2.38. The quantitative estimate of drug-likeness (QED) is 0.369. The molecule has 0 atom stereocenters. The van der Waals surface area contributed by atoms with E-state index in [-0.39, 0.29) is 39.3 Å². The molecule has 0 radical (unpaired) electrons. The topological polar surface area (TPSA) is 71.7 Å². The average Bonchev–Trinajstić information content (AvgIpc) is 3.08. The number of nitrogens with zero attached hydrogens (tertiary/aromatic N) is 2. The van der Waals surface area contributed by atoms with Crippen molar-refractivity contribution in [3.05, 3.63) is 63.8 Å². The molecule has 0 aliphatic rings. The van der Waals surface area contributed by atoms with Crippen LogP contribution in [0.15, 0.2) is 57.7 Å². The van der Waals surface area contributed by atoms with Gasteiger partial charge in [-0.05, 0) is 49.4 Å². The van der Waals surface area contributed by atoms with Crippen LogP contribution in [0.4, 0.5) is 32.0 Å². The highest BCUT2D eigenvalue weighted by Gasteiger charge is 2.37. The Labute approximate surface area is 182 Å². The maximum Gasteiger partial charge on any atom is 0.416 e. The van der Waals surface area contributed by atoms with Crippen molar-refractivity contribution in [2.75, 3.05) is 0 Å². The summed E-state index contributed by atoms with van der Waals surface area (Å²) in [4.78, 5) is 4.20. The fourth-order valence-corrected chi connectivity index (χ4v) is 4.33. The predicted molar refractivity (Wildman–Crippen MR) is 105 cm³/mol. The van der Waals surface area contributed by atoms with Gasteiger partial charge in [0.25, 0.3) is 10.1 Å². The SMILES string of the molecule is CCn1c(-c2cc(C(F)(F)F)cc(C(F)(F)F)c2)csc1=Nc1ccc(S(=O)(=O)O)cc1. The van der Waals surface area contributed by atoms with Gasteiger partial charge in [0, 0.05) is 17.5 Å². The van der Waals surface area contributed by atoms with Crippen molar-refractivity contribution >= 4 is 27.1 Å². The molecule has 1 heterocycles. The van der Waals surface area contributed by atoms with Gasteiger partial charge in [-0.25, -0.2) is 4.99 Å². The van der Waals surface area contributed by atoms with Crippen molar-refractivity contribution in [1.82, 2.24) is 4.57 Å². The summed E-state index contributed by atoms with van der Waals surface area (Å²) >= 11 is 0.993. The third kappa shape index (κ3) is 5.22. The molecule has 0 fully saturated rings. The smallest absolute Gasteiger partial charge is 0.317 e. The number of aromatic nitrogens is 1. The second-order valence-electron chi connectivity index (χ2n) is 6.52. The number of halogens is 6. The summed E-state index contributed by atoms with van der Waals surface area (Å²) < 4.78 is 112. The zero-order valence-corrected chi connectivity index (χ0v) is 17.7. The molecule has 0 bridgehead atoms. The molecule has 2 aromatic carbocycles. The number of alkyl halides is 6. The van der Waals surface area contributed by atoms with Gasteiger partial charge in [0.2, 0.25) is 0 Å². The van der Waals surface area contributed by atoms with E-state index in [1.54, 1.807) is 6.92 Å². The van der Waals surface area contributed by atoms with Gasteiger partial charge < -0.3 is 4.57 Å².